The summed E-state index contributed by atoms with van der Waals surface area (Å²) in [5, 5.41) is 0. The maximum Gasteiger partial charge on any atom is 0.125 e. The van der Waals surface area contributed by atoms with Gasteiger partial charge in [0.1, 0.15) is 6.29 Å². The molecule has 0 bridgehead atoms. The molecule has 0 spiro atoms. The number of hydrogen-bond donors (Lipinski definition) is 0. The summed E-state index contributed by atoms with van der Waals surface area (Å²) in [6.45, 7) is 8.60. The fraction of sp³-hybridized carbons (Fsp3) is 0.900. The molecule has 1 unspecified atom stereocenters. The number of carbonyl (C=O) groups is 1. The largest absolute Gasteiger partial charge is 0.303 e. The summed E-state index contributed by atoms with van der Waals surface area (Å²) in [5.74, 6) is 0.780. The lowest BCUT2D eigenvalue weighted by Crippen LogP contribution is -2.14. The molecule has 0 heterocycles. The Bertz CT molecular complexity index is 168. The highest BCUT2D eigenvalue weighted by Crippen LogP contribution is 2.56. The number of hydrogen-bond acceptors (Lipinski definition) is 1. The minimum absolute atomic E-state index is 0.0988. The molecule has 1 heteroatoms. The molecule has 0 radical (unpaired) electrons. The molecule has 0 saturated heterocycles. The quantitative estimate of drug-likeness (QED) is 0.571. The van der Waals surface area contributed by atoms with Gasteiger partial charge in [-0.15, -0.1) is 0 Å². The molecule has 0 N–H and O–H groups in total. The highest BCUT2D eigenvalue weighted by molar-refractivity contribution is 5.57. The summed E-state index contributed by atoms with van der Waals surface area (Å²) in [6, 6.07) is 0. The summed E-state index contributed by atoms with van der Waals surface area (Å²) in [5.41, 5.74) is 0.415. The fourth-order valence-corrected chi connectivity index (χ4v) is 1.61. The molecule has 0 amide bonds. The van der Waals surface area contributed by atoms with Crippen LogP contribution in [0, 0.1) is 16.7 Å². The van der Waals surface area contributed by atoms with Crippen molar-refractivity contribution in [3.63, 3.8) is 0 Å². The van der Waals surface area contributed by atoms with Gasteiger partial charge < -0.3 is 4.79 Å². The predicted octanol–water partition coefficient (Wildman–Crippen LogP) is 2.65. The smallest absolute Gasteiger partial charge is 0.125 e. The number of rotatable bonds is 3. The number of carbonyl (C=O) groups excluding carboxylic acids is 1. The Hall–Kier alpha value is -0.330. The van der Waals surface area contributed by atoms with Crippen molar-refractivity contribution in [2.75, 3.05) is 0 Å². The van der Waals surface area contributed by atoms with Gasteiger partial charge >= 0.3 is 0 Å². The van der Waals surface area contributed by atoms with Crippen molar-refractivity contribution in [2.45, 2.75) is 40.5 Å². The zero-order valence-corrected chi connectivity index (χ0v) is 7.98. The van der Waals surface area contributed by atoms with Crippen LogP contribution in [0.25, 0.3) is 0 Å². The van der Waals surface area contributed by atoms with Gasteiger partial charge in [0.05, 0.1) is 0 Å². The molecule has 0 aromatic carbocycles. The van der Waals surface area contributed by atoms with Gasteiger partial charge in [0.2, 0.25) is 0 Å². The van der Waals surface area contributed by atoms with Gasteiger partial charge in [0, 0.05) is 5.41 Å². The van der Waals surface area contributed by atoms with Crippen LogP contribution in [-0.4, -0.2) is 6.29 Å². The van der Waals surface area contributed by atoms with Crippen LogP contribution in [0.15, 0.2) is 0 Å². The predicted molar refractivity (Wildman–Crippen MR) is 46.4 cm³/mol. The third-order valence-corrected chi connectivity index (χ3v) is 2.81. The highest BCUT2D eigenvalue weighted by atomic mass is 16.1. The van der Waals surface area contributed by atoms with E-state index in [9.17, 15) is 4.79 Å². The van der Waals surface area contributed by atoms with Crippen LogP contribution in [0.5, 0.6) is 0 Å². The molecule has 1 saturated carbocycles. The molecular formula is C10H18O. The minimum Gasteiger partial charge on any atom is -0.303 e. The van der Waals surface area contributed by atoms with Gasteiger partial charge in [-0.3, -0.25) is 0 Å². The van der Waals surface area contributed by atoms with Gasteiger partial charge in [0.15, 0.2) is 0 Å². The molecule has 1 nitrogen and oxygen atoms in total. The van der Waals surface area contributed by atoms with E-state index in [2.05, 4.69) is 13.8 Å². The van der Waals surface area contributed by atoms with Gasteiger partial charge in [-0.1, -0.05) is 27.7 Å². The van der Waals surface area contributed by atoms with E-state index in [1.807, 2.05) is 13.8 Å². The number of aldehydes is 1. The zero-order chi connectivity index (χ0) is 8.70. The second-order valence-electron chi connectivity index (χ2n) is 5.20. The standard InChI is InChI=1S/C10H18O/c1-9(2,7-11)5-8-6-10(8,3)4/h7-8H,5-6H2,1-4H3. The molecule has 11 heavy (non-hydrogen) atoms. The van der Waals surface area contributed by atoms with Crippen LogP contribution in [0.4, 0.5) is 0 Å². The van der Waals surface area contributed by atoms with Gasteiger partial charge in [0.25, 0.3) is 0 Å². The summed E-state index contributed by atoms with van der Waals surface area (Å²) >= 11 is 0. The maximum atomic E-state index is 10.6. The van der Waals surface area contributed by atoms with Gasteiger partial charge in [-0.05, 0) is 24.2 Å². The molecule has 0 aromatic rings. The Morgan fingerprint density at radius 3 is 2.27 bits per heavy atom. The van der Waals surface area contributed by atoms with Crippen molar-refractivity contribution in [2.24, 2.45) is 16.7 Å². The molecule has 1 fully saturated rings. The molecule has 0 aromatic heterocycles. The summed E-state index contributed by atoms with van der Waals surface area (Å²) in [4.78, 5) is 10.6. The Labute approximate surface area is 69.2 Å². The van der Waals surface area contributed by atoms with Crippen LogP contribution in [0.3, 0.4) is 0 Å². The third-order valence-electron chi connectivity index (χ3n) is 2.81. The average Bonchev–Trinajstić information content (AvgIpc) is 2.39. The summed E-state index contributed by atoms with van der Waals surface area (Å²) in [6.07, 6.45) is 3.44. The Morgan fingerprint density at radius 1 is 1.55 bits per heavy atom. The van der Waals surface area contributed by atoms with Crippen molar-refractivity contribution in [1.82, 2.24) is 0 Å². The second-order valence-corrected chi connectivity index (χ2v) is 5.20. The molecule has 1 atom stereocenters. The van der Waals surface area contributed by atoms with E-state index in [0.29, 0.717) is 5.41 Å². The van der Waals surface area contributed by atoms with Crippen LogP contribution in [0.1, 0.15) is 40.5 Å². The van der Waals surface area contributed by atoms with Crippen LogP contribution in [-0.2, 0) is 4.79 Å². The third kappa shape index (κ3) is 2.05. The van der Waals surface area contributed by atoms with E-state index in [1.54, 1.807) is 0 Å². The van der Waals surface area contributed by atoms with Crippen LogP contribution >= 0.6 is 0 Å². The molecule has 64 valence electrons. The minimum atomic E-state index is -0.0988. The Morgan fingerprint density at radius 2 is 2.00 bits per heavy atom. The Kier molecular flexibility index (Phi) is 1.85. The first-order chi connectivity index (χ1) is 4.87. The van der Waals surface area contributed by atoms with Gasteiger partial charge in [-0.25, -0.2) is 0 Å². The lowest BCUT2D eigenvalue weighted by atomic mass is 9.87. The van der Waals surface area contributed by atoms with Crippen molar-refractivity contribution in [3.8, 4) is 0 Å². The maximum absolute atomic E-state index is 10.6. The molecule has 0 aliphatic heterocycles. The van der Waals surface area contributed by atoms with E-state index >= 15 is 0 Å². The van der Waals surface area contributed by atoms with Gasteiger partial charge in [-0.2, -0.15) is 0 Å². The van der Waals surface area contributed by atoms with Crippen LogP contribution < -0.4 is 0 Å². The van der Waals surface area contributed by atoms with Crippen molar-refractivity contribution >= 4 is 6.29 Å². The summed E-state index contributed by atoms with van der Waals surface area (Å²) in [7, 11) is 0. The lowest BCUT2D eigenvalue weighted by molar-refractivity contribution is -0.115. The molecule has 1 aliphatic carbocycles. The molecule has 1 aliphatic rings. The lowest BCUT2D eigenvalue weighted by Gasteiger charge is -2.17. The Balaban J connectivity index is 2.39. The second kappa shape index (κ2) is 2.33. The van der Waals surface area contributed by atoms with E-state index < -0.39 is 0 Å². The first kappa shape index (κ1) is 8.76. The van der Waals surface area contributed by atoms with E-state index in [1.165, 1.54) is 6.42 Å². The van der Waals surface area contributed by atoms with Crippen molar-refractivity contribution < 1.29 is 4.79 Å². The molecular weight excluding hydrogens is 136 g/mol. The van der Waals surface area contributed by atoms with Crippen molar-refractivity contribution in [3.05, 3.63) is 0 Å². The van der Waals surface area contributed by atoms with E-state index in [-0.39, 0.29) is 5.41 Å². The van der Waals surface area contributed by atoms with Crippen LogP contribution in [0.2, 0.25) is 0 Å². The average molecular weight is 154 g/mol. The fourth-order valence-electron chi connectivity index (χ4n) is 1.61. The normalized spacial score (nSPS) is 28.2. The first-order valence-corrected chi connectivity index (χ1v) is 4.34. The molecule has 1 rings (SSSR count). The SMILES string of the molecule is CC(C)(C=O)CC1CC1(C)C. The topological polar surface area (TPSA) is 17.1 Å². The van der Waals surface area contributed by atoms with E-state index in [0.717, 1.165) is 18.6 Å². The van der Waals surface area contributed by atoms with E-state index in [4.69, 9.17) is 0 Å². The monoisotopic (exact) mass is 154 g/mol. The highest BCUT2D eigenvalue weighted by Gasteiger charge is 2.47. The summed E-state index contributed by atoms with van der Waals surface area (Å²) < 4.78 is 0. The van der Waals surface area contributed by atoms with Crippen molar-refractivity contribution in [1.29, 1.82) is 0 Å². The first-order valence-electron chi connectivity index (χ1n) is 4.34. The zero-order valence-electron chi connectivity index (χ0n) is 7.98.